The highest BCUT2D eigenvalue weighted by atomic mass is 19.4. The van der Waals surface area contributed by atoms with Crippen molar-refractivity contribution in [3.8, 4) is 0 Å². The van der Waals surface area contributed by atoms with Gasteiger partial charge in [0, 0.05) is 30.9 Å². The van der Waals surface area contributed by atoms with Crippen LogP contribution in [0.2, 0.25) is 0 Å². The first-order valence-corrected chi connectivity index (χ1v) is 15.5. The molecule has 0 amide bonds. The summed E-state index contributed by atoms with van der Waals surface area (Å²) in [5.41, 5.74) is -7.67. The minimum atomic E-state index is -5.35. The lowest BCUT2D eigenvalue weighted by molar-refractivity contribution is -0.286. The van der Waals surface area contributed by atoms with Crippen LogP contribution in [-0.4, -0.2) is 44.6 Å². The molecule has 0 spiro atoms. The first-order chi connectivity index (χ1) is 23.8. The molecule has 0 heterocycles. The molecule has 6 rings (SSSR count). The molecule has 0 fully saturated rings. The molecule has 5 aromatic carbocycles. The SMILES string of the molecule is CO[C@](C(=O)O[C@@H]1CCc2ccc3cc4ccccc4cc3c2[C@@H]1OC(=O)[C@@](OC)(c1ccccc1)C(F)(F)F)(c1ccccc1)C(F)(F)F. The fourth-order valence-electron chi connectivity index (χ4n) is 6.72. The molecule has 1 aliphatic rings. The Morgan fingerprint density at radius 1 is 0.600 bits per heavy atom. The molecular formula is C38H30F6O6. The molecule has 0 unspecified atom stereocenters. The Labute approximate surface area is 282 Å². The van der Waals surface area contributed by atoms with Gasteiger partial charge in [-0.25, -0.2) is 9.59 Å². The fraction of sp³-hybridized carbons (Fsp3) is 0.263. The molecule has 0 saturated carbocycles. The molecule has 50 heavy (non-hydrogen) atoms. The highest BCUT2D eigenvalue weighted by molar-refractivity contribution is 6.00. The van der Waals surface area contributed by atoms with E-state index in [1.54, 1.807) is 30.3 Å². The van der Waals surface area contributed by atoms with E-state index in [2.05, 4.69) is 0 Å². The van der Waals surface area contributed by atoms with Gasteiger partial charge < -0.3 is 18.9 Å². The minimum absolute atomic E-state index is 0.134. The maximum absolute atomic E-state index is 15.0. The zero-order valence-electron chi connectivity index (χ0n) is 26.7. The minimum Gasteiger partial charge on any atom is -0.455 e. The van der Waals surface area contributed by atoms with E-state index in [0.29, 0.717) is 30.6 Å². The summed E-state index contributed by atoms with van der Waals surface area (Å²) in [6, 6.07) is 26.5. The van der Waals surface area contributed by atoms with E-state index in [1.165, 1.54) is 36.4 Å². The van der Waals surface area contributed by atoms with Gasteiger partial charge in [0.1, 0.15) is 6.10 Å². The van der Waals surface area contributed by atoms with Crippen molar-refractivity contribution in [1.29, 1.82) is 0 Å². The van der Waals surface area contributed by atoms with Crippen molar-refractivity contribution in [2.24, 2.45) is 0 Å². The molecule has 4 atom stereocenters. The van der Waals surface area contributed by atoms with Gasteiger partial charge in [0.25, 0.3) is 11.2 Å². The molecule has 6 nitrogen and oxygen atoms in total. The lowest BCUT2D eigenvalue weighted by atomic mass is 9.82. The molecule has 0 bridgehead atoms. The molecule has 0 radical (unpaired) electrons. The molecule has 0 aliphatic heterocycles. The summed E-state index contributed by atoms with van der Waals surface area (Å²) in [6.07, 6.45) is -14.2. The molecule has 260 valence electrons. The maximum Gasteiger partial charge on any atom is 0.432 e. The predicted octanol–water partition coefficient (Wildman–Crippen LogP) is 8.64. The van der Waals surface area contributed by atoms with Gasteiger partial charge >= 0.3 is 24.3 Å². The standard InChI is InChI=1S/C38H30F6O6/c1-47-35(37(39,40)41,27-13-5-3-6-14-27)33(45)49-30-20-19-23-17-18-26-21-24-11-9-10-12-25(24)22-29(26)31(23)32(30)50-34(46)36(48-2,38(42,43)44)28-15-7-4-8-16-28/h3-18,21-22,30,32H,19-20H2,1-2H3/t30-,32-,35+,36+/m1/s1. The van der Waals surface area contributed by atoms with Crippen LogP contribution in [0.25, 0.3) is 21.5 Å². The number of methoxy groups -OCH3 is 2. The van der Waals surface area contributed by atoms with Crippen LogP contribution in [0.4, 0.5) is 26.3 Å². The van der Waals surface area contributed by atoms with Gasteiger partial charge in [-0.1, -0.05) is 97.1 Å². The van der Waals surface area contributed by atoms with Gasteiger partial charge in [0.05, 0.1) is 0 Å². The van der Waals surface area contributed by atoms with E-state index in [0.717, 1.165) is 35.0 Å². The second kappa shape index (κ2) is 13.1. The number of rotatable bonds is 8. The number of carbonyl (C=O) groups is 2. The summed E-state index contributed by atoms with van der Waals surface area (Å²) in [7, 11) is 1.40. The van der Waals surface area contributed by atoms with Gasteiger partial charge in [-0.15, -0.1) is 0 Å². The number of esters is 2. The van der Waals surface area contributed by atoms with Crippen molar-refractivity contribution in [2.45, 2.75) is 48.6 Å². The highest BCUT2D eigenvalue weighted by Gasteiger charge is 2.66. The third-order valence-corrected chi connectivity index (χ3v) is 9.18. The van der Waals surface area contributed by atoms with Crippen molar-refractivity contribution < 1.29 is 54.9 Å². The Hall–Kier alpha value is -4.94. The lowest BCUT2D eigenvalue weighted by Gasteiger charge is -2.39. The van der Waals surface area contributed by atoms with E-state index in [4.69, 9.17) is 18.9 Å². The maximum atomic E-state index is 15.0. The number of alkyl halides is 6. The van der Waals surface area contributed by atoms with Gasteiger partial charge in [0.2, 0.25) is 0 Å². The van der Waals surface area contributed by atoms with Crippen LogP contribution in [0, 0.1) is 0 Å². The van der Waals surface area contributed by atoms with E-state index in [9.17, 15) is 35.9 Å². The molecule has 1 aliphatic carbocycles. The largest absolute Gasteiger partial charge is 0.455 e. The molecule has 0 N–H and O–H groups in total. The average molecular weight is 697 g/mol. The van der Waals surface area contributed by atoms with E-state index in [1.807, 2.05) is 18.2 Å². The van der Waals surface area contributed by atoms with Crippen molar-refractivity contribution in [3.05, 3.63) is 131 Å². The normalized spacial score (nSPS) is 18.9. The van der Waals surface area contributed by atoms with Crippen LogP contribution in [0.5, 0.6) is 0 Å². The number of hydrogen-bond donors (Lipinski definition) is 0. The van der Waals surface area contributed by atoms with Gasteiger partial charge in [-0.3, -0.25) is 0 Å². The smallest absolute Gasteiger partial charge is 0.432 e. The number of carbonyl (C=O) groups excluding carboxylic acids is 2. The van der Waals surface area contributed by atoms with Crippen LogP contribution < -0.4 is 0 Å². The van der Waals surface area contributed by atoms with Crippen molar-refractivity contribution in [3.63, 3.8) is 0 Å². The summed E-state index contributed by atoms with van der Waals surface area (Å²) in [5.74, 6) is -3.77. The number of fused-ring (bicyclic) bond motifs is 4. The van der Waals surface area contributed by atoms with Crippen LogP contribution in [0.1, 0.15) is 34.8 Å². The molecule has 12 heteroatoms. The quantitative estimate of drug-likeness (QED) is 0.0920. The zero-order valence-corrected chi connectivity index (χ0v) is 26.7. The van der Waals surface area contributed by atoms with Crippen LogP contribution in [-0.2, 0) is 46.2 Å². The Morgan fingerprint density at radius 3 is 1.58 bits per heavy atom. The van der Waals surface area contributed by atoms with Crippen LogP contribution >= 0.6 is 0 Å². The van der Waals surface area contributed by atoms with Crippen molar-refractivity contribution in [2.75, 3.05) is 14.2 Å². The number of aryl methyl sites for hydroxylation is 1. The lowest BCUT2D eigenvalue weighted by Crippen LogP contribution is -2.54. The Bertz CT molecular complexity index is 2030. The third-order valence-electron chi connectivity index (χ3n) is 9.18. The number of ether oxygens (including phenoxy) is 4. The number of hydrogen-bond acceptors (Lipinski definition) is 6. The number of benzene rings is 5. The Balaban J connectivity index is 1.53. The van der Waals surface area contributed by atoms with Crippen molar-refractivity contribution >= 4 is 33.5 Å². The fourth-order valence-corrected chi connectivity index (χ4v) is 6.72. The first kappa shape index (κ1) is 34.9. The molecule has 5 aromatic rings. The van der Waals surface area contributed by atoms with Crippen molar-refractivity contribution in [1.82, 2.24) is 0 Å². The van der Waals surface area contributed by atoms with E-state index < -0.39 is 58.8 Å². The summed E-state index contributed by atoms with van der Waals surface area (Å²) >= 11 is 0. The highest BCUT2D eigenvalue weighted by Crippen LogP contribution is 2.48. The second-order valence-electron chi connectivity index (χ2n) is 11.9. The summed E-state index contributed by atoms with van der Waals surface area (Å²) in [6.45, 7) is 0. The third kappa shape index (κ3) is 5.66. The van der Waals surface area contributed by atoms with E-state index >= 15 is 0 Å². The monoisotopic (exact) mass is 696 g/mol. The molecule has 0 saturated heterocycles. The van der Waals surface area contributed by atoms with Gasteiger partial charge in [0.15, 0.2) is 6.10 Å². The first-order valence-electron chi connectivity index (χ1n) is 15.5. The Morgan fingerprint density at radius 2 is 1.08 bits per heavy atom. The molecular weight excluding hydrogens is 666 g/mol. The van der Waals surface area contributed by atoms with Gasteiger partial charge in [-0.05, 0) is 52.1 Å². The summed E-state index contributed by atoms with van der Waals surface area (Å²) in [5, 5.41) is 2.64. The summed E-state index contributed by atoms with van der Waals surface area (Å²) < 4.78 is 111. The number of halogens is 6. The Kier molecular flexibility index (Phi) is 9.12. The van der Waals surface area contributed by atoms with E-state index in [-0.39, 0.29) is 18.4 Å². The van der Waals surface area contributed by atoms with Crippen LogP contribution in [0.3, 0.4) is 0 Å². The predicted molar refractivity (Wildman–Crippen MR) is 171 cm³/mol. The zero-order chi connectivity index (χ0) is 35.9. The molecule has 0 aromatic heterocycles. The van der Waals surface area contributed by atoms with Gasteiger partial charge in [-0.2, -0.15) is 26.3 Å². The van der Waals surface area contributed by atoms with Crippen LogP contribution in [0.15, 0.2) is 109 Å². The second-order valence-corrected chi connectivity index (χ2v) is 11.9. The average Bonchev–Trinajstić information content (AvgIpc) is 3.09. The summed E-state index contributed by atoms with van der Waals surface area (Å²) in [4.78, 5) is 27.8. The topological polar surface area (TPSA) is 71.1 Å².